The molecular weight excluding hydrogens is 899 g/mol. The molecule has 0 saturated carbocycles. The molecule has 13 heteroatoms. The van der Waals surface area contributed by atoms with Gasteiger partial charge in [0, 0.05) is 47.9 Å². The van der Waals surface area contributed by atoms with Crippen LogP contribution in [0, 0.1) is 6.92 Å². The second-order valence-corrected chi connectivity index (χ2v) is 19.0. The molecule has 0 saturated heterocycles. The third-order valence-corrected chi connectivity index (χ3v) is 13.6. The average Bonchev–Trinajstić information content (AvgIpc) is 3.67. The second kappa shape index (κ2) is 27.2. The minimum Gasteiger partial charge on any atom is -0.506 e. The number of aromatic hydroxyl groups is 1. The van der Waals surface area contributed by atoms with Gasteiger partial charge in [-0.15, -0.1) is 0 Å². The lowest BCUT2D eigenvalue weighted by Gasteiger charge is -2.25. The first-order chi connectivity index (χ1) is 34.0. The van der Waals surface area contributed by atoms with E-state index >= 15 is 0 Å². The number of rotatable bonds is 27. The van der Waals surface area contributed by atoms with Crippen LogP contribution in [0.3, 0.4) is 0 Å². The Balaban J connectivity index is 1.20. The number of amides is 3. The number of nitrogens with one attached hydrogen (secondary N) is 2. The van der Waals surface area contributed by atoms with Gasteiger partial charge in [-0.3, -0.25) is 14.5 Å². The van der Waals surface area contributed by atoms with E-state index in [-0.39, 0.29) is 35.1 Å². The zero-order chi connectivity index (χ0) is 49.8. The molecule has 5 aromatic carbocycles. The number of thioether (sulfide) groups is 1. The number of hydrogen-bond acceptors (Lipinski definition) is 9. The Morgan fingerprint density at radius 1 is 0.700 bits per heavy atom. The maximum absolute atomic E-state index is 14.6. The molecule has 3 N–H and O–H groups in total. The van der Waals surface area contributed by atoms with E-state index in [9.17, 15) is 24.3 Å². The zero-order valence-corrected chi connectivity index (χ0v) is 42.6. The SMILES string of the molecule is CCCCCCCCCCCCCCN(C(=O)Oc1ccc(CSc2nc3cc(NC(=O)CCCCC)ccc3n2C)cc1C(=O)OCC)c1cccc2c(O)c(C(=O)Nc3ccc(C)cc3)ccc12. The number of imidazole rings is 1. The number of anilines is 3. The number of ether oxygens (including phenoxy) is 2. The first-order valence-electron chi connectivity index (χ1n) is 25.3. The Bertz CT molecular complexity index is 2700. The highest BCUT2D eigenvalue weighted by atomic mass is 32.2. The molecule has 0 aliphatic rings. The molecule has 1 aromatic heterocycles. The highest BCUT2D eigenvalue weighted by Crippen LogP contribution is 2.37. The smallest absolute Gasteiger partial charge is 0.419 e. The number of phenolic OH excluding ortho intramolecular Hbond substituents is 1. The summed E-state index contributed by atoms with van der Waals surface area (Å²) in [4.78, 5) is 60.4. The number of aryl methyl sites for hydroxylation is 2. The van der Waals surface area contributed by atoms with Crippen molar-refractivity contribution in [3.63, 3.8) is 0 Å². The number of unbranched alkanes of at least 4 members (excludes halogenated alkanes) is 13. The first-order valence-corrected chi connectivity index (χ1v) is 26.3. The third-order valence-electron chi connectivity index (χ3n) is 12.5. The van der Waals surface area contributed by atoms with Crippen LogP contribution in [-0.2, 0) is 22.3 Å². The molecule has 0 fully saturated rings. The molecule has 3 amide bonds. The first kappa shape index (κ1) is 53.0. The molecule has 1 heterocycles. The van der Waals surface area contributed by atoms with Crippen LogP contribution in [0.5, 0.6) is 11.5 Å². The number of aromatic nitrogens is 2. The van der Waals surface area contributed by atoms with Gasteiger partial charge in [-0.25, -0.2) is 14.6 Å². The quantitative estimate of drug-likeness (QED) is 0.0260. The molecule has 70 heavy (non-hydrogen) atoms. The molecule has 6 rings (SSSR count). The van der Waals surface area contributed by atoms with Crippen LogP contribution < -0.4 is 20.3 Å². The van der Waals surface area contributed by atoms with E-state index in [0.717, 1.165) is 65.8 Å². The summed E-state index contributed by atoms with van der Waals surface area (Å²) in [5, 5.41) is 19.1. The van der Waals surface area contributed by atoms with Gasteiger partial charge >= 0.3 is 12.1 Å². The van der Waals surface area contributed by atoms with Crippen molar-refractivity contribution in [1.29, 1.82) is 0 Å². The lowest BCUT2D eigenvalue weighted by molar-refractivity contribution is -0.116. The van der Waals surface area contributed by atoms with Crippen LogP contribution in [0.2, 0.25) is 0 Å². The van der Waals surface area contributed by atoms with E-state index < -0.39 is 18.0 Å². The van der Waals surface area contributed by atoms with Gasteiger partial charge in [0.05, 0.1) is 28.9 Å². The lowest BCUT2D eigenvalue weighted by atomic mass is 10.0. The van der Waals surface area contributed by atoms with Crippen molar-refractivity contribution < 1.29 is 33.8 Å². The van der Waals surface area contributed by atoms with E-state index in [4.69, 9.17) is 14.5 Å². The van der Waals surface area contributed by atoms with Crippen molar-refractivity contribution in [3.8, 4) is 11.5 Å². The Hall–Kier alpha value is -6.34. The molecule has 0 bridgehead atoms. The summed E-state index contributed by atoms with van der Waals surface area (Å²) >= 11 is 1.49. The van der Waals surface area contributed by atoms with Gasteiger partial charge in [0.25, 0.3) is 5.91 Å². The fraction of sp³-hybridized carbons (Fsp3) is 0.421. The normalized spacial score (nSPS) is 11.2. The Morgan fingerprint density at radius 2 is 1.37 bits per heavy atom. The van der Waals surface area contributed by atoms with Gasteiger partial charge in [-0.1, -0.05) is 151 Å². The topological polar surface area (TPSA) is 152 Å². The largest absolute Gasteiger partial charge is 0.506 e. The van der Waals surface area contributed by atoms with Gasteiger partial charge in [-0.2, -0.15) is 0 Å². The van der Waals surface area contributed by atoms with Crippen LogP contribution in [0.15, 0.2) is 96.2 Å². The zero-order valence-electron chi connectivity index (χ0n) is 41.7. The molecule has 0 aliphatic carbocycles. The highest BCUT2D eigenvalue weighted by Gasteiger charge is 2.25. The van der Waals surface area contributed by atoms with E-state index in [0.29, 0.717) is 53.0 Å². The number of hydrogen-bond donors (Lipinski definition) is 3. The predicted octanol–water partition coefficient (Wildman–Crippen LogP) is 14.7. The van der Waals surface area contributed by atoms with E-state index in [1.165, 1.54) is 63.1 Å². The Morgan fingerprint density at radius 3 is 2.07 bits per heavy atom. The predicted molar refractivity (Wildman–Crippen MR) is 285 cm³/mol. The number of carbonyl (C=O) groups excluding carboxylic acids is 4. The van der Waals surface area contributed by atoms with Gasteiger partial charge in [0.1, 0.15) is 17.1 Å². The minimum absolute atomic E-state index is 0.0125. The average molecular weight is 970 g/mol. The third kappa shape index (κ3) is 14.8. The van der Waals surface area contributed by atoms with E-state index in [1.54, 1.807) is 54.3 Å². The molecule has 12 nitrogen and oxygen atoms in total. The van der Waals surface area contributed by atoms with Crippen molar-refractivity contribution in [3.05, 3.63) is 113 Å². The number of carbonyl (C=O) groups is 4. The highest BCUT2D eigenvalue weighted by molar-refractivity contribution is 7.98. The standard InChI is InChI=1S/C57H71N5O7S/c1-6-9-11-12-13-14-15-16-17-18-19-21-36-62(49-24-22-23-45-44(49)32-33-46(53(45)64)54(65)59-42-29-26-40(4)27-30-42)57(67)69-51-35-28-41(37-47(51)55(66)68-8-3)39-70-56-60-48-38-43(31-34-50(48)61(56)5)58-52(63)25-20-10-7-2/h22-24,26-35,37-38,64H,6-21,25,36,39H2,1-5H3,(H,58,63)(H,59,65). The second-order valence-electron chi connectivity index (χ2n) is 18.1. The molecule has 0 atom stereocenters. The van der Waals surface area contributed by atoms with E-state index in [1.807, 2.05) is 67.1 Å². The molecule has 372 valence electrons. The van der Waals surface area contributed by atoms with Crippen LogP contribution in [0.4, 0.5) is 21.9 Å². The van der Waals surface area contributed by atoms with Crippen molar-refractivity contribution >= 4 is 74.5 Å². The number of esters is 1. The van der Waals surface area contributed by atoms with E-state index in [2.05, 4.69) is 24.5 Å². The summed E-state index contributed by atoms with van der Waals surface area (Å²) in [5.74, 6) is -0.789. The summed E-state index contributed by atoms with van der Waals surface area (Å²) in [6, 6.07) is 26.8. The maximum Gasteiger partial charge on any atom is 0.419 e. The van der Waals surface area contributed by atoms with Gasteiger partial charge in [0.2, 0.25) is 5.91 Å². The Labute approximate surface area is 417 Å². The van der Waals surface area contributed by atoms with Crippen molar-refractivity contribution in [1.82, 2.24) is 9.55 Å². The summed E-state index contributed by atoms with van der Waals surface area (Å²) in [7, 11) is 1.94. The molecule has 0 spiro atoms. The molecular formula is C57H71N5O7S. The van der Waals surface area contributed by atoms with Crippen LogP contribution in [-0.4, -0.2) is 51.7 Å². The summed E-state index contributed by atoms with van der Waals surface area (Å²) in [5.41, 5.74) is 5.54. The maximum atomic E-state index is 14.6. The van der Waals surface area contributed by atoms with Crippen molar-refractivity contribution in [2.45, 2.75) is 141 Å². The van der Waals surface area contributed by atoms with Crippen LogP contribution in [0.1, 0.15) is 155 Å². The van der Waals surface area contributed by atoms with Crippen molar-refractivity contribution in [2.24, 2.45) is 7.05 Å². The number of nitrogens with zero attached hydrogens (tertiary/aromatic N) is 3. The van der Waals surface area contributed by atoms with Gasteiger partial charge in [0.15, 0.2) is 5.16 Å². The molecule has 0 unspecified atom stereocenters. The summed E-state index contributed by atoms with van der Waals surface area (Å²) < 4.78 is 13.6. The molecule has 0 aliphatic heterocycles. The van der Waals surface area contributed by atoms with Crippen LogP contribution in [0.25, 0.3) is 21.8 Å². The lowest BCUT2D eigenvalue weighted by Crippen LogP contribution is -2.35. The number of phenols is 1. The number of fused-ring (bicyclic) bond motifs is 2. The fourth-order valence-electron chi connectivity index (χ4n) is 8.57. The van der Waals surface area contributed by atoms with Gasteiger partial charge < -0.3 is 29.8 Å². The number of benzene rings is 5. The molecule has 6 aromatic rings. The molecule has 0 radical (unpaired) electrons. The Kier molecular flexibility index (Phi) is 20.6. The van der Waals surface area contributed by atoms with Crippen molar-refractivity contribution in [2.75, 3.05) is 28.7 Å². The monoisotopic (exact) mass is 970 g/mol. The summed E-state index contributed by atoms with van der Waals surface area (Å²) in [6.45, 7) is 8.49. The van der Waals surface area contributed by atoms with Gasteiger partial charge in [-0.05, 0) is 86.8 Å². The minimum atomic E-state index is -0.694. The summed E-state index contributed by atoms with van der Waals surface area (Å²) in [6.07, 6.45) is 16.6. The fourth-order valence-corrected chi connectivity index (χ4v) is 9.50. The van der Waals surface area contributed by atoms with Crippen LogP contribution >= 0.6 is 11.8 Å².